The maximum Gasteiger partial charge on any atom is 0.0577 e. The third-order valence-electron chi connectivity index (χ3n) is 2.41. The minimum atomic E-state index is 0.908. The molecule has 0 aliphatic heterocycles. The van der Waals surface area contributed by atoms with E-state index in [0.717, 1.165) is 12.1 Å². The predicted molar refractivity (Wildman–Crippen MR) is 60.4 cm³/mol. The fraction of sp³-hybridized carbons (Fsp3) is 0.273. The molecule has 0 saturated carbocycles. The Morgan fingerprint density at radius 3 is 2.77 bits per heavy atom. The highest BCUT2D eigenvalue weighted by Gasteiger charge is 2.07. The quantitative estimate of drug-likeness (QED) is 0.687. The largest absolute Gasteiger partial charge is 0.398 e. The van der Waals surface area contributed by atoms with Gasteiger partial charge in [-0.15, -0.1) is 11.3 Å². The van der Waals surface area contributed by atoms with Crippen LogP contribution in [-0.4, -0.2) is 0 Å². The summed E-state index contributed by atoms with van der Waals surface area (Å²) in [6.07, 6.45) is 1.10. The lowest BCUT2D eigenvalue weighted by molar-refractivity contribution is 1.16. The molecule has 2 heteroatoms. The number of hydrogen-bond donors (Lipinski definition) is 1. The molecule has 1 aromatic heterocycles. The van der Waals surface area contributed by atoms with Gasteiger partial charge in [0.2, 0.25) is 0 Å². The molecule has 0 bridgehead atoms. The smallest absolute Gasteiger partial charge is 0.0577 e. The number of anilines is 1. The summed E-state index contributed by atoms with van der Waals surface area (Å²) >= 11 is 1.83. The van der Waals surface area contributed by atoms with Crippen LogP contribution in [0.1, 0.15) is 17.4 Å². The maximum absolute atomic E-state index is 5.90. The van der Waals surface area contributed by atoms with Gasteiger partial charge in [0, 0.05) is 10.6 Å². The summed E-state index contributed by atoms with van der Waals surface area (Å²) in [7, 11) is 0. The Bertz CT molecular complexity index is 443. The average Bonchev–Trinajstić information content (AvgIpc) is 2.45. The van der Waals surface area contributed by atoms with Gasteiger partial charge in [-0.05, 0) is 30.4 Å². The maximum atomic E-state index is 5.90. The lowest BCUT2D eigenvalue weighted by Gasteiger charge is -1.94. The van der Waals surface area contributed by atoms with Gasteiger partial charge in [-0.1, -0.05) is 19.1 Å². The highest BCUT2D eigenvalue weighted by Crippen LogP contribution is 2.34. The summed E-state index contributed by atoms with van der Waals surface area (Å²) < 4.78 is 1.25. The standard InChI is InChI=1S/C11H13NS/c1-3-10-7(2)8-5-4-6-9(12)11(8)13-10/h4-6H,3,12H2,1-2H3. The second-order valence-corrected chi connectivity index (χ2v) is 4.33. The van der Waals surface area contributed by atoms with Crippen molar-refractivity contribution in [2.45, 2.75) is 20.3 Å². The van der Waals surface area contributed by atoms with Gasteiger partial charge in [0.1, 0.15) is 0 Å². The van der Waals surface area contributed by atoms with E-state index in [2.05, 4.69) is 19.9 Å². The Morgan fingerprint density at radius 1 is 1.38 bits per heavy atom. The normalized spacial score (nSPS) is 10.9. The van der Waals surface area contributed by atoms with E-state index in [1.165, 1.54) is 20.5 Å². The van der Waals surface area contributed by atoms with E-state index in [-0.39, 0.29) is 0 Å². The Morgan fingerprint density at radius 2 is 2.15 bits per heavy atom. The van der Waals surface area contributed by atoms with Crippen molar-refractivity contribution in [2.75, 3.05) is 5.73 Å². The molecule has 1 nitrogen and oxygen atoms in total. The second kappa shape index (κ2) is 3.04. The number of hydrogen-bond acceptors (Lipinski definition) is 2. The molecular weight excluding hydrogens is 178 g/mol. The third-order valence-corrected chi connectivity index (χ3v) is 3.92. The molecule has 13 heavy (non-hydrogen) atoms. The molecule has 0 amide bonds. The fourth-order valence-corrected chi connectivity index (χ4v) is 2.82. The second-order valence-electron chi connectivity index (χ2n) is 3.23. The molecule has 0 unspecified atom stereocenters. The number of nitrogens with two attached hydrogens (primary N) is 1. The number of benzene rings is 1. The van der Waals surface area contributed by atoms with Crippen LogP contribution < -0.4 is 5.73 Å². The van der Waals surface area contributed by atoms with Crippen LogP contribution in [0.5, 0.6) is 0 Å². The van der Waals surface area contributed by atoms with Crippen molar-refractivity contribution >= 4 is 27.1 Å². The molecule has 1 heterocycles. The van der Waals surface area contributed by atoms with Crippen LogP contribution in [0.25, 0.3) is 10.1 Å². The minimum absolute atomic E-state index is 0.908. The third kappa shape index (κ3) is 1.22. The van der Waals surface area contributed by atoms with Crippen molar-refractivity contribution in [3.63, 3.8) is 0 Å². The van der Waals surface area contributed by atoms with E-state index >= 15 is 0 Å². The van der Waals surface area contributed by atoms with Crippen LogP contribution in [0.4, 0.5) is 5.69 Å². The Hall–Kier alpha value is -1.02. The summed E-state index contributed by atoms with van der Waals surface area (Å²) in [6, 6.07) is 6.14. The number of thiophene rings is 1. The zero-order valence-corrected chi connectivity index (χ0v) is 8.74. The molecule has 0 fully saturated rings. The van der Waals surface area contributed by atoms with Gasteiger partial charge in [0.15, 0.2) is 0 Å². The Labute approximate surface area is 82.2 Å². The van der Waals surface area contributed by atoms with Gasteiger partial charge >= 0.3 is 0 Å². The predicted octanol–water partition coefficient (Wildman–Crippen LogP) is 3.35. The first kappa shape index (κ1) is 8.57. The van der Waals surface area contributed by atoms with E-state index in [9.17, 15) is 0 Å². The highest BCUT2D eigenvalue weighted by atomic mass is 32.1. The molecule has 0 spiro atoms. The number of aryl methyl sites for hydroxylation is 2. The van der Waals surface area contributed by atoms with Gasteiger partial charge in [-0.2, -0.15) is 0 Å². The van der Waals surface area contributed by atoms with E-state index in [0.29, 0.717) is 0 Å². The van der Waals surface area contributed by atoms with Crippen molar-refractivity contribution < 1.29 is 0 Å². The molecule has 2 aromatic rings. The summed E-state index contributed by atoms with van der Waals surface area (Å²) in [5, 5.41) is 1.32. The van der Waals surface area contributed by atoms with Crippen LogP contribution in [0.2, 0.25) is 0 Å². The van der Waals surface area contributed by atoms with Gasteiger partial charge in [0.25, 0.3) is 0 Å². The first-order valence-electron chi connectivity index (χ1n) is 4.50. The van der Waals surface area contributed by atoms with Crippen molar-refractivity contribution in [2.24, 2.45) is 0 Å². The molecule has 2 rings (SSSR count). The molecule has 0 saturated heterocycles. The van der Waals surface area contributed by atoms with E-state index < -0.39 is 0 Å². The molecule has 2 N–H and O–H groups in total. The minimum Gasteiger partial charge on any atom is -0.398 e. The zero-order valence-electron chi connectivity index (χ0n) is 7.92. The van der Waals surface area contributed by atoms with Crippen LogP contribution in [0.15, 0.2) is 18.2 Å². The number of nitrogen functional groups attached to an aromatic ring is 1. The molecule has 0 radical (unpaired) electrons. The first-order valence-corrected chi connectivity index (χ1v) is 5.32. The van der Waals surface area contributed by atoms with E-state index in [1.54, 1.807) is 0 Å². The van der Waals surface area contributed by atoms with Crippen molar-refractivity contribution in [3.05, 3.63) is 28.6 Å². The Kier molecular flexibility index (Phi) is 2.00. The van der Waals surface area contributed by atoms with Gasteiger partial charge in [0.05, 0.1) is 4.70 Å². The molecule has 1 aromatic carbocycles. The van der Waals surface area contributed by atoms with Crippen molar-refractivity contribution in [3.8, 4) is 0 Å². The van der Waals surface area contributed by atoms with Crippen molar-refractivity contribution in [1.29, 1.82) is 0 Å². The number of rotatable bonds is 1. The molecule has 0 atom stereocenters. The molecule has 0 aliphatic rings. The SMILES string of the molecule is CCc1sc2c(N)cccc2c1C. The van der Waals surface area contributed by atoms with Crippen LogP contribution in [-0.2, 0) is 6.42 Å². The monoisotopic (exact) mass is 191 g/mol. The summed E-state index contributed by atoms with van der Waals surface area (Å²) in [5.41, 5.74) is 8.21. The van der Waals surface area contributed by atoms with Crippen LogP contribution in [0, 0.1) is 6.92 Å². The van der Waals surface area contributed by atoms with Gasteiger partial charge < -0.3 is 5.73 Å². The van der Waals surface area contributed by atoms with Gasteiger partial charge in [-0.25, -0.2) is 0 Å². The van der Waals surface area contributed by atoms with E-state index in [4.69, 9.17) is 5.73 Å². The zero-order chi connectivity index (χ0) is 9.42. The average molecular weight is 191 g/mol. The first-order chi connectivity index (χ1) is 6.24. The molecule has 68 valence electrons. The van der Waals surface area contributed by atoms with E-state index in [1.807, 2.05) is 23.5 Å². The van der Waals surface area contributed by atoms with Gasteiger partial charge in [-0.3, -0.25) is 0 Å². The van der Waals surface area contributed by atoms with Crippen LogP contribution in [0.3, 0.4) is 0 Å². The lowest BCUT2D eigenvalue weighted by atomic mass is 10.1. The Balaban J connectivity index is 2.83. The fourth-order valence-electron chi connectivity index (χ4n) is 1.65. The summed E-state index contributed by atoms with van der Waals surface area (Å²) in [6.45, 7) is 4.37. The lowest BCUT2D eigenvalue weighted by Crippen LogP contribution is -1.82. The van der Waals surface area contributed by atoms with Crippen molar-refractivity contribution in [1.82, 2.24) is 0 Å². The molecule has 0 aliphatic carbocycles. The van der Waals surface area contributed by atoms with Crippen LogP contribution >= 0.6 is 11.3 Å². The highest BCUT2D eigenvalue weighted by molar-refractivity contribution is 7.19. The summed E-state index contributed by atoms with van der Waals surface area (Å²) in [4.78, 5) is 1.45. The number of fused-ring (bicyclic) bond motifs is 1. The summed E-state index contributed by atoms with van der Waals surface area (Å²) in [5.74, 6) is 0. The molecular formula is C11H13NS. The topological polar surface area (TPSA) is 26.0 Å².